The molecule has 1 unspecified atom stereocenters. The van der Waals surface area contributed by atoms with Gasteiger partial charge in [0.15, 0.2) is 23.0 Å². The summed E-state index contributed by atoms with van der Waals surface area (Å²) < 4.78 is 41.7. The quantitative estimate of drug-likeness (QED) is 0.364. The van der Waals surface area contributed by atoms with Crippen LogP contribution >= 0.6 is 23.2 Å². The first kappa shape index (κ1) is 25.2. The maximum Gasteiger partial charge on any atom is 0.387 e. The van der Waals surface area contributed by atoms with Gasteiger partial charge in [0, 0.05) is 30.1 Å². The van der Waals surface area contributed by atoms with Crippen molar-refractivity contribution in [2.24, 2.45) is 11.7 Å². The standard InChI is InChI=1S/C23H22Cl2F2N4O4/c1-11(28)20-19(21(32)30-7-14-15(24)8-29-9-16(14)25)31-22(35-20)13-4-5-17(34-23(26)27)18(6-13)33-10-12-2-3-12/h4-6,8-9,11-12,23H,2-3,7,10,28H2,1H3,(H,30,32). The molecule has 1 aromatic carbocycles. The SMILES string of the molecule is CC(N)c1oc(-c2ccc(OC(F)F)c(OCC3CC3)c2)nc1C(=O)NCc1c(Cl)cncc1Cl. The third kappa shape index (κ3) is 6.19. The number of pyridine rings is 1. The van der Waals surface area contributed by atoms with Gasteiger partial charge in [0.25, 0.3) is 5.91 Å². The molecule has 35 heavy (non-hydrogen) atoms. The highest BCUT2D eigenvalue weighted by Gasteiger charge is 2.26. The van der Waals surface area contributed by atoms with Crippen LogP contribution in [0.25, 0.3) is 11.5 Å². The molecule has 186 valence electrons. The highest BCUT2D eigenvalue weighted by molar-refractivity contribution is 6.35. The van der Waals surface area contributed by atoms with Gasteiger partial charge in [0.1, 0.15) is 0 Å². The Hall–Kier alpha value is -2.95. The first-order valence-corrected chi connectivity index (χ1v) is 11.5. The summed E-state index contributed by atoms with van der Waals surface area (Å²) in [7, 11) is 0. The van der Waals surface area contributed by atoms with Crippen LogP contribution in [0, 0.1) is 5.92 Å². The Labute approximate surface area is 209 Å². The summed E-state index contributed by atoms with van der Waals surface area (Å²) in [6.45, 7) is -0.957. The van der Waals surface area contributed by atoms with E-state index in [0.29, 0.717) is 33.7 Å². The van der Waals surface area contributed by atoms with E-state index in [9.17, 15) is 13.6 Å². The second-order valence-corrected chi connectivity index (χ2v) is 8.89. The fourth-order valence-corrected chi connectivity index (χ4v) is 3.72. The van der Waals surface area contributed by atoms with Gasteiger partial charge in [0.2, 0.25) is 5.89 Å². The fourth-order valence-electron chi connectivity index (χ4n) is 3.23. The molecule has 2 aromatic heterocycles. The highest BCUT2D eigenvalue weighted by atomic mass is 35.5. The van der Waals surface area contributed by atoms with E-state index in [1.807, 2.05) is 0 Å². The number of amides is 1. The molecule has 3 aromatic rings. The van der Waals surface area contributed by atoms with Crippen LogP contribution in [0.3, 0.4) is 0 Å². The maximum atomic E-state index is 12.9. The van der Waals surface area contributed by atoms with Crippen LogP contribution < -0.4 is 20.5 Å². The zero-order chi connectivity index (χ0) is 25.1. The summed E-state index contributed by atoms with van der Waals surface area (Å²) in [4.78, 5) is 21.1. The molecule has 0 bridgehead atoms. The minimum absolute atomic E-state index is 0.0235. The van der Waals surface area contributed by atoms with E-state index < -0.39 is 18.6 Å². The van der Waals surface area contributed by atoms with E-state index in [0.717, 1.165) is 12.8 Å². The first-order chi connectivity index (χ1) is 16.7. The number of benzene rings is 1. The zero-order valence-electron chi connectivity index (χ0n) is 18.6. The van der Waals surface area contributed by atoms with E-state index in [2.05, 4.69) is 20.0 Å². The van der Waals surface area contributed by atoms with Crippen molar-refractivity contribution in [3.63, 3.8) is 0 Å². The van der Waals surface area contributed by atoms with Crippen molar-refractivity contribution in [2.75, 3.05) is 6.61 Å². The Morgan fingerprint density at radius 1 is 1.26 bits per heavy atom. The predicted octanol–water partition coefficient (Wildman–Crippen LogP) is 5.38. The van der Waals surface area contributed by atoms with Crippen molar-refractivity contribution >= 4 is 29.1 Å². The van der Waals surface area contributed by atoms with E-state index in [4.69, 9.17) is 38.1 Å². The molecule has 1 atom stereocenters. The van der Waals surface area contributed by atoms with Crippen molar-refractivity contribution < 1.29 is 27.5 Å². The van der Waals surface area contributed by atoms with Gasteiger partial charge in [-0.2, -0.15) is 8.78 Å². The van der Waals surface area contributed by atoms with Gasteiger partial charge in [0.05, 0.1) is 22.7 Å². The van der Waals surface area contributed by atoms with Crippen LogP contribution in [0.4, 0.5) is 8.78 Å². The minimum atomic E-state index is -3.01. The molecule has 1 aliphatic carbocycles. The average Bonchev–Trinajstić information content (AvgIpc) is 3.52. The number of alkyl halides is 2. The van der Waals surface area contributed by atoms with Crippen LogP contribution in [0.15, 0.2) is 35.0 Å². The Kier molecular flexibility index (Phi) is 7.73. The number of aromatic nitrogens is 2. The summed E-state index contributed by atoms with van der Waals surface area (Å²) in [5.74, 6) is 0.0806. The molecule has 12 heteroatoms. The Balaban J connectivity index is 1.59. The number of nitrogens with zero attached hydrogens (tertiary/aromatic N) is 2. The van der Waals surface area contributed by atoms with Gasteiger partial charge in [-0.25, -0.2) is 4.98 Å². The Morgan fingerprint density at radius 3 is 2.60 bits per heavy atom. The zero-order valence-corrected chi connectivity index (χ0v) is 20.1. The summed E-state index contributed by atoms with van der Waals surface area (Å²) in [6.07, 6.45) is 4.88. The Morgan fingerprint density at radius 2 is 1.97 bits per heavy atom. The summed E-state index contributed by atoms with van der Waals surface area (Å²) in [5, 5.41) is 3.30. The Bertz CT molecular complexity index is 1200. The number of ether oxygens (including phenoxy) is 2. The van der Waals surface area contributed by atoms with Crippen LogP contribution in [-0.4, -0.2) is 29.1 Å². The molecule has 0 aliphatic heterocycles. The molecule has 1 fully saturated rings. The monoisotopic (exact) mass is 526 g/mol. The number of carbonyl (C=O) groups is 1. The van der Waals surface area contributed by atoms with E-state index in [1.54, 1.807) is 6.92 Å². The lowest BCUT2D eigenvalue weighted by Crippen LogP contribution is -2.25. The molecule has 0 radical (unpaired) electrons. The lowest BCUT2D eigenvalue weighted by atomic mass is 10.2. The third-order valence-electron chi connectivity index (χ3n) is 5.24. The normalized spacial score (nSPS) is 14.1. The van der Waals surface area contributed by atoms with Gasteiger partial charge < -0.3 is 24.9 Å². The topological polar surface area (TPSA) is 113 Å². The molecule has 0 saturated heterocycles. The van der Waals surface area contributed by atoms with Crippen molar-refractivity contribution in [1.82, 2.24) is 15.3 Å². The molecule has 1 saturated carbocycles. The number of nitrogens with two attached hydrogens (primary N) is 1. The molecule has 3 N–H and O–H groups in total. The number of carbonyl (C=O) groups excluding carboxylic acids is 1. The van der Waals surface area contributed by atoms with Crippen LogP contribution in [0.5, 0.6) is 11.5 Å². The van der Waals surface area contributed by atoms with Crippen LogP contribution in [0.2, 0.25) is 10.0 Å². The number of rotatable bonds is 10. The number of hydrogen-bond donors (Lipinski definition) is 2. The van der Waals surface area contributed by atoms with Gasteiger partial charge >= 0.3 is 6.61 Å². The maximum absolute atomic E-state index is 12.9. The predicted molar refractivity (Wildman–Crippen MR) is 125 cm³/mol. The van der Waals surface area contributed by atoms with E-state index >= 15 is 0 Å². The lowest BCUT2D eigenvalue weighted by molar-refractivity contribution is -0.0515. The highest BCUT2D eigenvalue weighted by Crippen LogP contribution is 2.37. The molecule has 1 amide bonds. The fraction of sp³-hybridized carbons (Fsp3) is 0.348. The second kappa shape index (κ2) is 10.8. The number of oxazole rings is 1. The number of nitrogens with one attached hydrogen (secondary N) is 1. The minimum Gasteiger partial charge on any atom is -0.489 e. The van der Waals surface area contributed by atoms with Crippen LogP contribution in [0.1, 0.15) is 47.6 Å². The molecular formula is C23H22Cl2F2N4O4. The molecule has 4 rings (SSSR count). The molecule has 1 aliphatic rings. The average molecular weight is 527 g/mol. The number of hydrogen-bond acceptors (Lipinski definition) is 7. The summed E-state index contributed by atoms with van der Waals surface area (Å²) in [5.41, 5.74) is 6.88. The molecule has 8 nitrogen and oxygen atoms in total. The molecular weight excluding hydrogens is 505 g/mol. The largest absolute Gasteiger partial charge is 0.489 e. The van der Waals surface area contributed by atoms with Crippen molar-refractivity contribution in [2.45, 2.75) is 39.0 Å². The van der Waals surface area contributed by atoms with E-state index in [1.165, 1.54) is 30.6 Å². The van der Waals surface area contributed by atoms with Crippen molar-refractivity contribution in [1.29, 1.82) is 0 Å². The summed E-state index contributed by atoms with van der Waals surface area (Å²) in [6, 6.07) is 3.65. The molecule has 0 spiro atoms. The summed E-state index contributed by atoms with van der Waals surface area (Å²) >= 11 is 12.2. The van der Waals surface area contributed by atoms with Gasteiger partial charge in [-0.1, -0.05) is 23.2 Å². The smallest absolute Gasteiger partial charge is 0.387 e. The number of halogens is 4. The van der Waals surface area contributed by atoms with Crippen molar-refractivity contribution in [3.05, 3.63) is 57.7 Å². The van der Waals surface area contributed by atoms with Crippen molar-refractivity contribution in [3.8, 4) is 23.0 Å². The third-order valence-corrected chi connectivity index (χ3v) is 5.89. The van der Waals surface area contributed by atoms with Crippen LogP contribution in [-0.2, 0) is 6.54 Å². The van der Waals surface area contributed by atoms with E-state index in [-0.39, 0.29) is 35.4 Å². The van der Waals surface area contributed by atoms with Gasteiger partial charge in [-0.15, -0.1) is 0 Å². The first-order valence-electron chi connectivity index (χ1n) is 10.8. The van der Waals surface area contributed by atoms with Gasteiger partial charge in [-0.3, -0.25) is 9.78 Å². The molecule has 2 heterocycles. The van der Waals surface area contributed by atoms with Gasteiger partial charge in [-0.05, 0) is 43.9 Å². The lowest BCUT2D eigenvalue weighted by Gasteiger charge is -2.12. The second-order valence-electron chi connectivity index (χ2n) is 8.08.